The van der Waals surface area contributed by atoms with Crippen LogP contribution in [0.4, 0.5) is 0 Å². The summed E-state index contributed by atoms with van der Waals surface area (Å²) in [6.45, 7) is 2.42. The van der Waals surface area contributed by atoms with Gasteiger partial charge in [0.15, 0.2) is 0 Å². The fourth-order valence-corrected chi connectivity index (χ4v) is 2.08. The molecule has 0 bridgehead atoms. The van der Waals surface area contributed by atoms with Gasteiger partial charge in [-0.15, -0.1) is 0 Å². The summed E-state index contributed by atoms with van der Waals surface area (Å²) < 4.78 is 22.3. The van der Waals surface area contributed by atoms with Crippen molar-refractivity contribution in [2.45, 2.75) is 18.2 Å². The molecule has 0 unspecified atom stereocenters. The number of halogens is 1. The van der Waals surface area contributed by atoms with E-state index in [9.17, 15) is 13.2 Å². The molecular formula is C10H13ClN2O3S. The van der Waals surface area contributed by atoms with Crippen LogP contribution in [0, 0.1) is 0 Å². The summed E-state index contributed by atoms with van der Waals surface area (Å²) in [5.74, 6) is -0.376. The van der Waals surface area contributed by atoms with Crippen molar-refractivity contribution in [2.75, 3.05) is 6.54 Å². The summed E-state index contributed by atoms with van der Waals surface area (Å²) in [6.07, 6.45) is 0.786. The molecule has 0 spiro atoms. The Labute approximate surface area is 105 Å². The second-order valence-electron chi connectivity index (χ2n) is 3.48. The molecule has 1 amide bonds. The molecule has 1 rings (SSSR count). The standard InChI is InChI=1S/C10H13ClN2O3S/c1-2-3-13-10(14)7-4-8(11)6-9(5-7)17(12,15)16/h4-6H,2-3H2,1H3,(H,13,14)(H2,12,15,16). The normalized spacial score (nSPS) is 11.2. The average Bonchev–Trinajstić information content (AvgIpc) is 2.23. The molecule has 0 radical (unpaired) electrons. The minimum Gasteiger partial charge on any atom is -0.352 e. The summed E-state index contributed by atoms with van der Waals surface area (Å²) in [5, 5.41) is 7.75. The molecule has 0 aliphatic rings. The van der Waals surface area contributed by atoms with Crippen LogP contribution in [-0.2, 0) is 10.0 Å². The number of hydrogen-bond donors (Lipinski definition) is 2. The van der Waals surface area contributed by atoms with Crippen LogP contribution in [0.25, 0.3) is 0 Å². The zero-order valence-corrected chi connectivity index (χ0v) is 10.8. The Bertz CT molecular complexity index is 528. The van der Waals surface area contributed by atoms with E-state index in [1.54, 1.807) is 0 Å². The lowest BCUT2D eigenvalue weighted by Gasteiger charge is -2.06. The zero-order valence-electron chi connectivity index (χ0n) is 9.23. The monoisotopic (exact) mass is 276 g/mol. The maximum Gasteiger partial charge on any atom is 0.251 e. The van der Waals surface area contributed by atoms with Gasteiger partial charge in [-0.25, -0.2) is 13.6 Å². The maximum absolute atomic E-state index is 11.6. The van der Waals surface area contributed by atoms with E-state index >= 15 is 0 Å². The molecule has 5 nitrogen and oxygen atoms in total. The molecule has 0 fully saturated rings. The molecule has 0 heterocycles. The number of carbonyl (C=O) groups excluding carboxylic acids is 1. The van der Waals surface area contributed by atoms with E-state index in [0.29, 0.717) is 6.54 Å². The number of primary sulfonamides is 1. The molecule has 17 heavy (non-hydrogen) atoms. The molecule has 94 valence electrons. The van der Waals surface area contributed by atoms with E-state index in [4.69, 9.17) is 16.7 Å². The minimum absolute atomic E-state index is 0.151. The smallest absolute Gasteiger partial charge is 0.251 e. The molecule has 1 aromatic rings. The Morgan fingerprint density at radius 3 is 2.59 bits per heavy atom. The van der Waals surface area contributed by atoms with Crippen molar-refractivity contribution in [3.63, 3.8) is 0 Å². The van der Waals surface area contributed by atoms with Gasteiger partial charge in [-0.1, -0.05) is 18.5 Å². The van der Waals surface area contributed by atoms with Crippen LogP contribution in [-0.4, -0.2) is 20.9 Å². The first-order chi connectivity index (χ1) is 7.84. The third kappa shape index (κ3) is 3.99. The average molecular weight is 277 g/mol. The Balaban J connectivity index is 3.10. The predicted octanol–water partition coefficient (Wildman–Crippen LogP) is 1.13. The summed E-state index contributed by atoms with van der Waals surface area (Å²) in [7, 11) is -3.87. The molecule has 3 N–H and O–H groups in total. The number of nitrogens with one attached hydrogen (secondary N) is 1. The van der Waals surface area contributed by atoms with Crippen molar-refractivity contribution in [1.82, 2.24) is 5.32 Å². The van der Waals surface area contributed by atoms with E-state index in [2.05, 4.69) is 5.32 Å². The lowest BCUT2D eigenvalue weighted by molar-refractivity contribution is 0.0953. The molecular weight excluding hydrogens is 264 g/mol. The Morgan fingerprint density at radius 1 is 1.41 bits per heavy atom. The number of nitrogens with two attached hydrogens (primary N) is 1. The molecule has 0 saturated carbocycles. The van der Waals surface area contributed by atoms with Crippen LogP contribution in [0.5, 0.6) is 0 Å². The largest absolute Gasteiger partial charge is 0.352 e. The second-order valence-corrected chi connectivity index (χ2v) is 5.47. The van der Waals surface area contributed by atoms with Gasteiger partial charge in [0, 0.05) is 17.1 Å². The van der Waals surface area contributed by atoms with Crippen LogP contribution < -0.4 is 10.5 Å². The van der Waals surface area contributed by atoms with Gasteiger partial charge < -0.3 is 5.32 Å². The Hall–Kier alpha value is -1.11. The molecule has 7 heteroatoms. The number of rotatable bonds is 4. The predicted molar refractivity (Wildman–Crippen MR) is 65.4 cm³/mol. The first-order valence-corrected chi connectivity index (χ1v) is 6.88. The summed E-state index contributed by atoms with van der Waals surface area (Å²) in [5.41, 5.74) is 0.176. The van der Waals surface area contributed by atoms with Crippen molar-refractivity contribution in [2.24, 2.45) is 5.14 Å². The maximum atomic E-state index is 11.6. The lowest BCUT2D eigenvalue weighted by atomic mass is 10.2. The highest BCUT2D eigenvalue weighted by Gasteiger charge is 2.13. The van der Waals surface area contributed by atoms with E-state index < -0.39 is 10.0 Å². The van der Waals surface area contributed by atoms with Crippen molar-refractivity contribution in [3.05, 3.63) is 28.8 Å². The van der Waals surface area contributed by atoms with Crippen LogP contribution in [0.1, 0.15) is 23.7 Å². The van der Waals surface area contributed by atoms with Gasteiger partial charge in [-0.05, 0) is 24.6 Å². The van der Waals surface area contributed by atoms with Gasteiger partial charge in [-0.2, -0.15) is 0 Å². The Kier molecular flexibility index (Phi) is 4.50. The van der Waals surface area contributed by atoms with Crippen molar-refractivity contribution >= 4 is 27.5 Å². The number of carbonyl (C=O) groups is 1. The lowest BCUT2D eigenvalue weighted by Crippen LogP contribution is -2.24. The van der Waals surface area contributed by atoms with E-state index in [1.807, 2.05) is 6.92 Å². The second kappa shape index (κ2) is 5.48. The van der Waals surface area contributed by atoms with Crippen molar-refractivity contribution in [3.8, 4) is 0 Å². The van der Waals surface area contributed by atoms with E-state index in [-0.39, 0.29) is 21.4 Å². The molecule has 1 aromatic carbocycles. The highest BCUT2D eigenvalue weighted by molar-refractivity contribution is 7.89. The number of benzene rings is 1. The fraction of sp³-hybridized carbons (Fsp3) is 0.300. The molecule has 0 atom stereocenters. The highest BCUT2D eigenvalue weighted by Crippen LogP contribution is 2.18. The zero-order chi connectivity index (χ0) is 13.1. The van der Waals surface area contributed by atoms with Crippen molar-refractivity contribution in [1.29, 1.82) is 0 Å². The Morgan fingerprint density at radius 2 is 2.06 bits per heavy atom. The van der Waals surface area contributed by atoms with Gasteiger partial charge in [0.25, 0.3) is 5.91 Å². The first kappa shape index (κ1) is 14.0. The van der Waals surface area contributed by atoms with E-state index in [1.165, 1.54) is 18.2 Å². The third-order valence-corrected chi connectivity index (χ3v) is 3.11. The number of amides is 1. The van der Waals surface area contributed by atoms with Gasteiger partial charge in [0.05, 0.1) is 4.90 Å². The minimum atomic E-state index is -3.87. The fourth-order valence-electron chi connectivity index (χ4n) is 1.20. The summed E-state index contributed by atoms with van der Waals surface area (Å²) in [4.78, 5) is 11.5. The van der Waals surface area contributed by atoms with Crippen LogP contribution in [0.2, 0.25) is 5.02 Å². The van der Waals surface area contributed by atoms with Gasteiger partial charge in [-0.3, -0.25) is 4.79 Å². The van der Waals surface area contributed by atoms with Crippen LogP contribution in [0.3, 0.4) is 0 Å². The summed E-state index contributed by atoms with van der Waals surface area (Å²) >= 11 is 5.73. The van der Waals surface area contributed by atoms with Gasteiger partial charge in [0.2, 0.25) is 10.0 Å². The number of hydrogen-bond acceptors (Lipinski definition) is 3. The SMILES string of the molecule is CCCNC(=O)c1cc(Cl)cc(S(N)(=O)=O)c1. The topological polar surface area (TPSA) is 89.3 Å². The third-order valence-electron chi connectivity index (χ3n) is 2.00. The van der Waals surface area contributed by atoms with Crippen LogP contribution >= 0.6 is 11.6 Å². The quantitative estimate of drug-likeness (QED) is 0.864. The summed E-state index contributed by atoms with van der Waals surface area (Å²) in [6, 6.07) is 3.79. The van der Waals surface area contributed by atoms with Gasteiger partial charge >= 0.3 is 0 Å². The molecule has 0 aromatic heterocycles. The highest BCUT2D eigenvalue weighted by atomic mass is 35.5. The molecule has 0 saturated heterocycles. The van der Waals surface area contributed by atoms with Crippen LogP contribution in [0.15, 0.2) is 23.1 Å². The number of sulfonamides is 1. The van der Waals surface area contributed by atoms with E-state index in [0.717, 1.165) is 6.42 Å². The molecule has 0 aliphatic heterocycles. The molecule has 0 aliphatic carbocycles. The van der Waals surface area contributed by atoms with Crippen molar-refractivity contribution < 1.29 is 13.2 Å². The first-order valence-electron chi connectivity index (χ1n) is 4.96. The van der Waals surface area contributed by atoms with Gasteiger partial charge in [0.1, 0.15) is 0 Å².